The minimum absolute atomic E-state index is 0.0216. The second kappa shape index (κ2) is 8.80. The van der Waals surface area contributed by atoms with E-state index in [1.807, 2.05) is 22.7 Å². The molecule has 10 nitrogen and oxygen atoms in total. The highest BCUT2D eigenvalue weighted by atomic mass is 16.6. The maximum absolute atomic E-state index is 12.7. The topological polar surface area (TPSA) is 97.0 Å². The number of aryl methyl sites for hydroxylation is 1. The van der Waals surface area contributed by atoms with Crippen LogP contribution in [-0.4, -0.2) is 82.7 Å². The summed E-state index contributed by atoms with van der Waals surface area (Å²) in [5.74, 6) is 0.813. The average molecular weight is 414 g/mol. The quantitative estimate of drug-likeness (QED) is 0.534. The Bertz CT molecular complexity index is 916. The van der Waals surface area contributed by atoms with Crippen LogP contribution in [0.1, 0.15) is 16.2 Å². The zero-order chi connectivity index (χ0) is 21.1. The molecule has 2 aliphatic heterocycles. The SMILES string of the molecule is Cn1ccnc1CN1CCN(c2ccc(C(=O)N3CCOCC3)cc2[N+](=O)[O-])CC1. The Hall–Kier alpha value is -2.98. The van der Waals surface area contributed by atoms with Crippen molar-refractivity contribution in [2.75, 3.05) is 57.4 Å². The second-order valence-electron chi connectivity index (χ2n) is 7.58. The van der Waals surface area contributed by atoms with Crippen molar-refractivity contribution in [3.63, 3.8) is 0 Å². The van der Waals surface area contributed by atoms with Gasteiger partial charge in [0.2, 0.25) is 0 Å². The summed E-state index contributed by atoms with van der Waals surface area (Å²) in [6.07, 6.45) is 3.71. The number of hydrogen-bond acceptors (Lipinski definition) is 7. The van der Waals surface area contributed by atoms with E-state index < -0.39 is 4.92 Å². The zero-order valence-corrected chi connectivity index (χ0v) is 17.1. The molecule has 3 heterocycles. The van der Waals surface area contributed by atoms with Gasteiger partial charge in [0.05, 0.1) is 24.7 Å². The maximum Gasteiger partial charge on any atom is 0.293 e. The summed E-state index contributed by atoms with van der Waals surface area (Å²) in [5, 5.41) is 11.7. The highest BCUT2D eigenvalue weighted by Crippen LogP contribution is 2.30. The van der Waals surface area contributed by atoms with E-state index in [9.17, 15) is 14.9 Å². The number of hydrogen-bond donors (Lipinski definition) is 0. The number of amides is 1. The van der Waals surface area contributed by atoms with Gasteiger partial charge in [-0.25, -0.2) is 4.98 Å². The van der Waals surface area contributed by atoms with Gasteiger partial charge in [0.1, 0.15) is 11.5 Å². The first-order valence-electron chi connectivity index (χ1n) is 10.1. The van der Waals surface area contributed by atoms with E-state index in [1.54, 1.807) is 23.2 Å². The molecule has 0 N–H and O–H groups in total. The largest absolute Gasteiger partial charge is 0.378 e. The number of nitrogens with zero attached hydrogens (tertiary/aromatic N) is 6. The molecule has 160 valence electrons. The number of rotatable bonds is 5. The van der Waals surface area contributed by atoms with Crippen LogP contribution in [0.3, 0.4) is 0 Å². The van der Waals surface area contributed by atoms with Crippen molar-refractivity contribution in [3.05, 3.63) is 52.1 Å². The molecule has 1 aromatic carbocycles. The number of carbonyl (C=O) groups is 1. The number of piperazine rings is 1. The van der Waals surface area contributed by atoms with Crippen molar-refractivity contribution < 1.29 is 14.5 Å². The fourth-order valence-electron chi connectivity index (χ4n) is 3.91. The number of ether oxygens (including phenoxy) is 1. The Kier molecular flexibility index (Phi) is 5.96. The molecule has 0 atom stereocenters. The molecule has 1 aromatic heterocycles. The average Bonchev–Trinajstić information content (AvgIpc) is 3.18. The molecular formula is C20H26N6O4. The van der Waals surface area contributed by atoms with Crippen LogP contribution < -0.4 is 4.90 Å². The first kappa shape index (κ1) is 20.3. The number of morpholine rings is 1. The van der Waals surface area contributed by atoms with Gasteiger partial charge in [0, 0.05) is 70.3 Å². The summed E-state index contributed by atoms with van der Waals surface area (Å²) in [7, 11) is 1.97. The van der Waals surface area contributed by atoms with E-state index in [1.165, 1.54) is 6.07 Å². The van der Waals surface area contributed by atoms with Crippen molar-refractivity contribution in [1.29, 1.82) is 0 Å². The van der Waals surface area contributed by atoms with E-state index in [-0.39, 0.29) is 11.6 Å². The number of nitro benzene ring substituents is 1. The lowest BCUT2D eigenvalue weighted by Crippen LogP contribution is -2.46. The van der Waals surface area contributed by atoms with Gasteiger partial charge in [-0.2, -0.15) is 0 Å². The Balaban J connectivity index is 1.45. The van der Waals surface area contributed by atoms with E-state index in [0.29, 0.717) is 50.6 Å². The first-order chi connectivity index (χ1) is 14.5. The lowest BCUT2D eigenvalue weighted by atomic mass is 10.1. The van der Waals surface area contributed by atoms with E-state index >= 15 is 0 Å². The molecule has 30 heavy (non-hydrogen) atoms. The van der Waals surface area contributed by atoms with Gasteiger partial charge in [0.15, 0.2) is 0 Å². The third kappa shape index (κ3) is 4.29. The maximum atomic E-state index is 12.7. The minimum atomic E-state index is -0.397. The summed E-state index contributed by atoms with van der Waals surface area (Å²) >= 11 is 0. The van der Waals surface area contributed by atoms with Crippen molar-refractivity contribution in [2.45, 2.75) is 6.54 Å². The van der Waals surface area contributed by atoms with Crippen LogP contribution in [0.25, 0.3) is 0 Å². The van der Waals surface area contributed by atoms with Crippen molar-refractivity contribution in [2.24, 2.45) is 7.05 Å². The molecular weight excluding hydrogens is 388 g/mol. The zero-order valence-electron chi connectivity index (χ0n) is 17.1. The summed E-state index contributed by atoms with van der Waals surface area (Å²) in [4.78, 5) is 34.4. The predicted octanol–water partition coefficient (Wildman–Crippen LogP) is 1.12. The molecule has 0 aliphatic carbocycles. The monoisotopic (exact) mass is 414 g/mol. The smallest absolute Gasteiger partial charge is 0.293 e. The Morgan fingerprint density at radius 3 is 2.53 bits per heavy atom. The number of aromatic nitrogens is 2. The van der Waals surface area contributed by atoms with Crippen LogP contribution in [0, 0.1) is 10.1 Å². The summed E-state index contributed by atoms with van der Waals surface area (Å²) in [6.45, 7) is 5.70. The molecule has 2 saturated heterocycles. The fraction of sp³-hybridized carbons (Fsp3) is 0.500. The Morgan fingerprint density at radius 1 is 1.17 bits per heavy atom. The van der Waals surface area contributed by atoms with Crippen LogP contribution in [0.2, 0.25) is 0 Å². The molecule has 4 rings (SSSR count). The standard InChI is InChI=1S/C20H26N6O4/c1-22-5-4-21-19(22)15-23-6-8-24(9-7-23)17-3-2-16(14-18(17)26(28)29)20(27)25-10-12-30-13-11-25/h2-5,14H,6-13,15H2,1H3. The van der Waals surface area contributed by atoms with E-state index in [2.05, 4.69) is 9.88 Å². The van der Waals surface area contributed by atoms with Crippen LogP contribution in [0.4, 0.5) is 11.4 Å². The van der Waals surface area contributed by atoms with Crippen molar-refractivity contribution in [1.82, 2.24) is 19.4 Å². The lowest BCUT2D eigenvalue weighted by molar-refractivity contribution is -0.384. The normalized spacial score (nSPS) is 17.9. The van der Waals surface area contributed by atoms with Gasteiger partial charge in [-0.05, 0) is 12.1 Å². The summed E-state index contributed by atoms with van der Waals surface area (Å²) in [5.41, 5.74) is 0.891. The third-order valence-electron chi connectivity index (χ3n) is 5.72. The summed E-state index contributed by atoms with van der Waals surface area (Å²) in [6, 6.07) is 4.81. The highest BCUT2D eigenvalue weighted by Gasteiger charge is 2.27. The first-order valence-corrected chi connectivity index (χ1v) is 10.1. The van der Waals surface area contributed by atoms with Crippen molar-refractivity contribution >= 4 is 17.3 Å². The van der Waals surface area contributed by atoms with Gasteiger partial charge in [-0.1, -0.05) is 0 Å². The van der Waals surface area contributed by atoms with Crippen LogP contribution in [-0.2, 0) is 18.3 Å². The summed E-state index contributed by atoms with van der Waals surface area (Å²) < 4.78 is 7.28. The van der Waals surface area contributed by atoms with E-state index in [0.717, 1.165) is 25.5 Å². The van der Waals surface area contributed by atoms with Gasteiger partial charge in [-0.3, -0.25) is 19.8 Å². The predicted molar refractivity (Wildman–Crippen MR) is 111 cm³/mol. The second-order valence-corrected chi connectivity index (χ2v) is 7.58. The van der Waals surface area contributed by atoms with E-state index in [4.69, 9.17) is 4.74 Å². The molecule has 1 amide bonds. The Morgan fingerprint density at radius 2 is 1.90 bits per heavy atom. The van der Waals surface area contributed by atoms with Gasteiger partial charge in [0.25, 0.3) is 11.6 Å². The minimum Gasteiger partial charge on any atom is -0.378 e. The number of anilines is 1. The molecule has 2 fully saturated rings. The van der Waals surface area contributed by atoms with Gasteiger partial charge in [-0.15, -0.1) is 0 Å². The Labute approximate surface area is 174 Å². The van der Waals surface area contributed by atoms with Gasteiger partial charge < -0.3 is 19.1 Å². The number of imidazole rings is 1. The molecule has 0 saturated carbocycles. The fourth-order valence-corrected chi connectivity index (χ4v) is 3.91. The molecule has 0 bridgehead atoms. The molecule has 2 aromatic rings. The highest BCUT2D eigenvalue weighted by molar-refractivity contribution is 5.96. The number of benzene rings is 1. The molecule has 0 radical (unpaired) electrons. The molecule has 0 spiro atoms. The molecule has 10 heteroatoms. The number of carbonyl (C=O) groups excluding carboxylic acids is 1. The molecule has 2 aliphatic rings. The molecule has 0 unspecified atom stereocenters. The van der Waals surface area contributed by atoms with Crippen LogP contribution in [0.5, 0.6) is 0 Å². The van der Waals surface area contributed by atoms with Crippen LogP contribution in [0.15, 0.2) is 30.6 Å². The van der Waals surface area contributed by atoms with Crippen LogP contribution >= 0.6 is 0 Å². The van der Waals surface area contributed by atoms with Gasteiger partial charge >= 0.3 is 0 Å². The number of nitro groups is 1. The lowest BCUT2D eigenvalue weighted by Gasteiger charge is -2.35. The van der Waals surface area contributed by atoms with Crippen molar-refractivity contribution in [3.8, 4) is 0 Å². The third-order valence-corrected chi connectivity index (χ3v) is 5.72.